The maximum Gasteiger partial charge on any atom is 0.413 e. The van der Waals surface area contributed by atoms with E-state index in [0.29, 0.717) is 6.42 Å². The van der Waals surface area contributed by atoms with Crippen LogP contribution in [0, 0.1) is 5.41 Å². The number of carbonyl (C=O) groups excluding carboxylic acids is 2. The molecule has 126 valence electrons. The Balaban J connectivity index is 2.32. The number of nitrogens with zero attached hydrogens (tertiary/aromatic N) is 1. The largest absolute Gasteiger partial charge is 0.467 e. The molecule has 0 aromatic heterocycles. The molecular formula is C16H27NO5. The van der Waals surface area contributed by atoms with Crippen LogP contribution in [-0.4, -0.2) is 49.1 Å². The minimum Gasteiger partial charge on any atom is -0.467 e. The minimum absolute atomic E-state index is 0.162. The van der Waals surface area contributed by atoms with Crippen molar-refractivity contribution in [1.29, 1.82) is 0 Å². The summed E-state index contributed by atoms with van der Waals surface area (Å²) in [7, 11) is 2.93. The summed E-state index contributed by atoms with van der Waals surface area (Å²) in [6.07, 6.45) is 3.73. The standard InChI is InChI=1S/C16H27NO5/c1-15(2,3)22-14(19)17-11(12(18)20-4)10-16(13(17)21-5)8-6-7-9-16/h11,13H,6-10H2,1-5H3/t11-,13?/m0/s1. The zero-order valence-electron chi connectivity index (χ0n) is 14.2. The lowest BCUT2D eigenvalue weighted by Gasteiger charge is -2.35. The van der Waals surface area contributed by atoms with Crippen LogP contribution in [0.15, 0.2) is 0 Å². The fourth-order valence-electron chi connectivity index (χ4n) is 3.81. The quantitative estimate of drug-likeness (QED) is 0.733. The monoisotopic (exact) mass is 313 g/mol. The van der Waals surface area contributed by atoms with Crippen LogP contribution in [-0.2, 0) is 19.0 Å². The molecule has 6 nitrogen and oxygen atoms in total. The Morgan fingerprint density at radius 3 is 2.18 bits per heavy atom. The van der Waals surface area contributed by atoms with Gasteiger partial charge in [-0.2, -0.15) is 0 Å². The van der Waals surface area contributed by atoms with Crippen LogP contribution in [0.4, 0.5) is 4.79 Å². The van der Waals surface area contributed by atoms with Gasteiger partial charge in [-0.25, -0.2) is 9.59 Å². The molecule has 2 aliphatic rings. The third kappa shape index (κ3) is 3.07. The minimum atomic E-state index is -0.636. The molecule has 1 heterocycles. The van der Waals surface area contributed by atoms with Gasteiger partial charge in [-0.1, -0.05) is 12.8 Å². The molecule has 0 N–H and O–H groups in total. The van der Waals surface area contributed by atoms with Crippen LogP contribution in [0.1, 0.15) is 52.9 Å². The summed E-state index contributed by atoms with van der Waals surface area (Å²) in [5.41, 5.74) is -0.786. The molecule has 6 heteroatoms. The molecule has 1 spiro atoms. The highest BCUT2D eigenvalue weighted by molar-refractivity contribution is 5.82. The number of ether oxygens (including phenoxy) is 3. The lowest BCUT2D eigenvalue weighted by molar-refractivity contribution is -0.149. The van der Waals surface area contributed by atoms with Crippen molar-refractivity contribution in [2.75, 3.05) is 14.2 Å². The number of carbonyl (C=O) groups is 2. The van der Waals surface area contributed by atoms with Gasteiger partial charge < -0.3 is 14.2 Å². The van der Waals surface area contributed by atoms with Crippen LogP contribution < -0.4 is 0 Å². The number of methoxy groups -OCH3 is 2. The van der Waals surface area contributed by atoms with Gasteiger partial charge in [-0.3, -0.25) is 4.90 Å². The van der Waals surface area contributed by atoms with E-state index in [0.717, 1.165) is 25.7 Å². The van der Waals surface area contributed by atoms with Gasteiger partial charge in [-0.15, -0.1) is 0 Å². The van der Waals surface area contributed by atoms with Crippen molar-refractivity contribution in [2.45, 2.75) is 70.7 Å². The molecule has 2 fully saturated rings. The highest BCUT2D eigenvalue weighted by atomic mass is 16.6. The van der Waals surface area contributed by atoms with E-state index >= 15 is 0 Å². The predicted octanol–water partition coefficient (Wildman–Crippen LogP) is 2.70. The first-order valence-corrected chi connectivity index (χ1v) is 7.86. The predicted molar refractivity (Wildman–Crippen MR) is 80.2 cm³/mol. The number of amides is 1. The van der Waals surface area contributed by atoms with Crippen molar-refractivity contribution in [3.8, 4) is 0 Å². The fourth-order valence-corrected chi connectivity index (χ4v) is 3.81. The van der Waals surface area contributed by atoms with Crippen LogP contribution in [0.25, 0.3) is 0 Å². The molecule has 1 amide bonds. The third-order valence-corrected chi connectivity index (χ3v) is 4.61. The Morgan fingerprint density at radius 2 is 1.73 bits per heavy atom. The van der Waals surface area contributed by atoms with Crippen LogP contribution in [0.5, 0.6) is 0 Å². The van der Waals surface area contributed by atoms with Gasteiger partial charge >= 0.3 is 12.1 Å². The second-order valence-electron chi connectivity index (χ2n) is 7.29. The molecule has 0 radical (unpaired) electrons. The van der Waals surface area contributed by atoms with E-state index < -0.39 is 29.9 Å². The molecular weight excluding hydrogens is 286 g/mol. The zero-order valence-corrected chi connectivity index (χ0v) is 14.2. The van der Waals surface area contributed by atoms with Crippen molar-refractivity contribution in [3.63, 3.8) is 0 Å². The van der Waals surface area contributed by atoms with E-state index in [2.05, 4.69) is 0 Å². The average Bonchev–Trinajstić information content (AvgIpc) is 3.01. The Labute approximate surface area is 132 Å². The van der Waals surface area contributed by atoms with Gasteiger partial charge in [0.15, 0.2) is 0 Å². The van der Waals surface area contributed by atoms with Crippen molar-refractivity contribution >= 4 is 12.1 Å². The number of esters is 1. The number of hydrogen-bond acceptors (Lipinski definition) is 5. The number of likely N-dealkylation sites (tertiary alicyclic amines) is 1. The molecule has 2 atom stereocenters. The number of hydrogen-bond donors (Lipinski definition) is 0. The molecule has 1 saturated heterocycles. The smallest absolute Gasteiger partial charge is 0.413 e. The number of rotatable bonds is 2. The van der Waals surface area contributed by atoms with Crippen molar-refractivity contribution < 1.29 is 23.8 Å². The van der Waals surface area contributed by atoms with Crippen molar-refractivity contribution in [1.82, 2.24) is 4.90 Å². The summed E-state index contributed by atoms with van der Waals surface area (Å²) in [6.45, 7) is 5.42. The van der Waals surface area contributed by atoms with Crippen LogP contribution >= 0.6 is 0 Å². The Kier molecular flexibility index (Phi) is 4.70. The summed E-state index contributed by atoms with van der Waals surface area (Å²) in [4.78, 5) is 26.2. The molecule has 0 aromatic carbocycles. The average molecular weight is 313 g/mol. The summed E-state index contributed by atoms with van der Waals surface area (Å²) in [6, 6.07) is -0.636. The maximum atomic E-state index is 12.6. The van der Waals surface area contributed by atoms with Crippen molar-refractivity contribution in [2.24, 2.45) is 5.41 Å². The topological polar surface area (TPSA) is 65.1 Å². The highest BCUT2D eigenvalue weighted by Gasteiger charge is 2.58. The Morgan fingerprint density at radius 1 is 1.14 bits per heavy atom. The SMILES string of the molecule is COC(=O)[C@@H]1CC2(CCCC2)C(OC)N1C(=O)OC(C)(C)C. The molecule has 1 aliphatic carbocycles. The summed E-state index contributed by atoms with van der Waals surface area (Å²) < 4.78 is 16.0. The normalized spacial score (nSPS) is 27.2. The van der Waals surface area contributed by atoms with Gasteiger partial charge in [-0.05, 0) is 40.0 Å². The third-order valence-electron chi connectivity index (χ3n) is 4.61. The Bertz CT molecular complexity index is 436. The van der Waals surface area contributed by atoms with Crippen LogP contribution in [0.3, 0.4) is 0 Å². The van der Waals surface area contributed by atoms with E-state index in [-0.39, 0.29) is 5.41 Å². The molecule has 0 aromatic rings. The first-order valence-electron chi connectivity index (χ1n) is 7.86. The molecule has 1 unspecified atom stereocenters. The molecule has 1 aliphatic heterocycles. The first-order chi connectivity index (χ1) is 10.2. The lowest BCUT2D eigenvalue weighted by Crippen LogP contribution is -2.50. The molecule has 0 bridgehead atoms. The second kappa shape index (κ2) is 6.07. The summed E-state index contributed by atoms with van der Waals surface area (Å²) >= 11 is 0. The van der Waals surface area contributed by atoms with Gasteiger partial charge in [0.2, 0.25) is 0 Å². The van der Waals surface area contributed by atoms with Gasteiger partial charge in [0.1, 0.15) is 17.9 Å². The van der Waals surface area contributed by atoms with Gasteiger partial charge in [0.05, 0.1) is 7.11 Å². The first kappa shape index (κ1) is 17.1. The summed E-state index contributed by atoms with van der Waals surface area (Å²) in [5.74, 6) is -0.406. The lowest BCUT2D eigenvalue weighted by atomic mass is 9.82. The second-order valence-corrected chi connectivity index (χ2v) is 7.29. The fraction of sp³-hybridized carbons (Fsp3) is 0.875. The Hall–Kier alpha value is -1.30. The van der Waals surface area contributed by atoms with E-state index in [9.17, 15) is 9.59 Å². The van der Waals surface area contributed by atoms with Crippen LogP contribution in [0.2, 0.25) is 0 Å². The van der Waals surface area contributed by atoms with Gasteiger partial charge in [0, 0.05) is 12.5 Å². The highest BCUT2D eigenvalue weighted by Crippen LogP contribution is 2.52. The van der Waals surface area contributed by atoms with Gasteiger partial charge in [0.25, 0.3) is 0 Å². The van der Waals surface area contributed by atoms with E-state index in [1.807, 2.05) is 0 Å². The maximum absolute atomic E-state index is 12.6. The van der Waals surface area contributed by atoms with E-state index in [4.69, 9.17) is 14.2 Å². The van der Waals surface area contributed by atoms with E-state index in [1.54, 1.807) is 27.9 Å². The molecule has 1 saturated carbocycles. The zero-order chi connectivity index (χ0) is 16.5. The van der Waals surface area contributed by atoms with Crippen molar-refractivity contribution in [3.05, 3.63) is 0 Å². The molecule has 2 rings (SSSR count). The van der Waals surface area contributed by atoms with E-state index in [1.165, 1.54) is 12.0 Å². The molecule has 22 heavy (non-hydrogen) atoms. The summed E-state index contributed by atoms with van der Waals surface area (Å²) in [5, 5.41) is 0.